The molecule has 0 saturated carbocycles. The highest BCUT2D eigenvalue weighted by Gasteiger charge is 2.24. The Labute approximate surface area is 188 Å². The molecule has 0 unspecified atom stereocenters. The summed E-state index contributed by atoms with van der Waals surface area (Å²) in [5.74, 6) is 0.378. The predicted octanol–water partition coefficient (Wildman–Crippen LogP) is 5.81. The van der Waals surface area contributed by atoms with Crippen LogP contribution in [-0.2, 0) is 10.0 Å². The third kappa shape index (κ3) is 4.92. The topological polar surface area (TPSA) is 72.5 Å². The minimum absolute atomic E-state index is 0.0650. The first-order valence-corrected chi connectivity index (χ1v) is 11.6. The third-order valence-corrected chi connectivity index (χ3v) is 6.69. The van der Waals surface area contributed by atoms with Gasteiger partial charge in [-0.05, 0) is 54.3 Å². The first-order valence-electron chi connectivity index (χ1n) is 9.74. The number of carbonyl (C=O) groups is 1. The van der Waals surface area contributed by atoms with Gasteiger partial charge in [-0.3, -0.25) is 9.52 Å². The number of aryl methyl sites for hydroxylation is 1. The fourth-order valence-corrected chi connectivity index (χ4v) is 4.85. The second-order valence-corrected chi connectivity index (χ2v) is 9.59. The van der Waals surface area contributed by atoms with Gasteiger partial charge in [0, 0.05) is 16.1 Å². The molecule has 3 rings (SSSR count). The Hall–Kier alpha value is -2.83. The molecule has 31 heavy (non-hydrogen) atoms. The van der Waals surface area contributed by atoms with Crippen molar-refractivity contribution in [1.29, 1.82) is 0 Å². The third-order valence-electron chi connectivity index (χ3n) is 4.95. The van der Waals surface area contributed by atoms with Crippen LogP contribution in [0.15, 0.2) is 65.6 Å². The Morgan fingerprint density at radius 3 is 2.32 bits per heavy atom. The van der Waals surface area contributed by atoms with E-state index in [0.717, 1.165) is 5.56 Å². The molecule has 0 spiro atoms. The zero-order valence-electron chi connectivity index (χ0n) is 17.8. The van der Waals surface area contributed by atoms with E-state index in [2.05, 4.69) is 4.72 Å². The summed E-state index contributed by atoms with van der Waals surface area (Å²) in [6.07, 6.45) is 0. The van der Waals surface area contributed by atoms with E-state index < -0.39 is 10.0 Å². The van der Waals surface area contributed by atoms with Gasteiger partial charge in [0.15, 0.2) is 5.78 Å². The van der Waals surface area contributed by atoms with Gasteiger partial charge in [-0.25, -0.2) is 8.42 Å². The lowest BCUT2D eigenvalue weighted by Crippen LogP contribution is -2.17. The number of halogens is 1. The van der Waals surface area contributed by atoms with Gasteiger partial charge in [0.05, 0.1) is 17.7 Å². The molecule has 0 fully saturated rings. The van der Waals surface area contributed by atoms with Gasteiger partial charge < -0.3 is 4.74 Å². The van der Waals surface area contributed by atoms with Crippen LogP contribution in [0.25, 0.3) is 0 Å². The Morgan fingerprint density at radius 2 is 1.71 bits per heavy atom. The molecule has 0 bridgehead atoms. The minimum Gasteiger partial charge on any atom is -0.496 e. The second kappa shape index (κ2) is 9.12. The summed E-state index contributed by atoms with van der Waals surface area (Å²) in [5.41, 5.74) is 2.11. The van der Waals surface area contributed by atoms with Crippen LogP contribution in [0.2, 0.25) is 5.02 Å². The lowest BCUT2D eigenvalue weighted by atomic mass is 10.0. The lowest BCUT2D eigenvalue weighted by molar-refractivity contribution is 0.103. The fraction of sp³-hybridized carbons (Fsp3) is 0.208. The van der Waals surface area contributed by atoms with Crippen molar-refractivity contribution in [2.75, 3.05) is 11.8 Å². The van der Waals surface area contributed by atoms with Gasteiger partial charge in [-0.1, -0.05) is 55.8 Å². The number of hydrogen-bond acceptors (Lipinski definition) is 4. The summed E-state index contributed by atoms with van der Waals surface area (Å²) in [4.78, 5) is 13.2. The summed E-state index contributed by atoms with van der Waals surface area (Å²) in [7, 11) is -2.42. The molecular weight excluding hydrogens is 434 g/mol. The standard InChI is InChI=1S/C24H24ClNO4S/c1-15(2)19-14-23(16(3)12-22(19)30-4)31(28,29)26-21-11-10-18(25)13-20(21)24(27)17-8-6-5-7-9-17/h5-15,26H,1-4H3. The van der Waals surface area contributed by atoms with Gasteiger partial charge >= 0.3 is 0 Å². The number of carbonyl (C=O) groups excluding carboxylic acids is 1. The van der Waals surface area contributed by atoms with Crippen molar-refractivity contribution in [2.24, 2.45) is 0 Å². The largest absolute Gasteiger partial charge is 0.496 e. The molecule has 0 aliphatic carbocycles. The molecule has 162 valence electrons. The lowest BCUT2D eigenvalue weighted by Gasteiger charge is -2.18. The number of benzene rings is 3. The highest BCUT2D eigenvalue weighted by Crippen LogP contribution is 2.33. The van der Waals surface area contributed by atoms with Crippen molar-refractivity contribution in [1.82, 2.24) is 0 Å². The maximum Gasteiger partial charge on any atom is 0.262 e. The quantitative estimate of drug-likeness (QED) is 0.454. The van der Waals surface area contributed by atoms with Crippen molar-refractivity contribution in [3.63, 3.8) is 0 Å². The molecule has 1 N–H and O–H groups in total. The normalized spacial score (nSPS) is 11.4. The number of sulfonamides is 1. The van der Waals surface area contributed by atoms with Crippen molar-refractivity contribution in [3.05, 3.63) is 87.9 Å². The second-order valence-electron chi connectivity index (χ2n) is 7.50. The number of rotatable bonds is 7. The van der Waals surface area contributed by atoms with Crippen molar-refractivity contribution >= 4 is 33.1 Å². The summed E-state index contributed by atoms with van der Waals surface area (Å²) in [6.45, 7) is 5.64. The molecule has 0 radical (unpaired) electrons. The van der Waals surface area contributed by atoms with E-state index in [1.165, 1.54) is 12.1 Å². The van der Waals surface area contributed by atoms with E-state index in [-0.39, 0.29) is 27.8 Å². The van der Waals surface area contributed by atoms with E-state index in [9.17, 15) is 13.2 Å². The summed E-state index contributed by atoms with van der Waals surface area (Å²) in [6, 6.07) is 16.5. The molecule has 7 heteroatoms. The molecule has 0 aliphatic rings. The van der Waals surface area contributed by atoms with E-state index in [0.29, 0.717) is 21.9 Å². The molecule has 0 atom stereocenters. The number of ether oxygens (including phenoxy) is 1. The van der Waals surface area contributed by atoms with Crippen molar-refractivity contribution in [2.45, 2.75) is 31.6 Å². The fourth-order valence-electron chi connectivity index (χ4n) is 3.33. The number of nitrogens with one attached hydrogen (secondary N) is 1. The first-order chi connectivity index (χ1) is 14.6. The molecule has 3 aromatic carbocycles. The molecule has 0 aromatic heterocycles. The predicted molar refractivity (Wildman–Crippen MR) is 124 cm³/mol. The van der Waals surface area contributed by atoms with E-state index in [4.69, 9.17) is 16.3 Å². The van der Waals surface area contributed by atoms with Crippen LogP contribution in [0.5, 0.6) is 5.75 Å². The number of ketones is 1. The van der Waals surface area contributed by atoms with Crippen LogP contribution < -0.4 is 9.46 Å². The average molecular weight is 458 g/mol. The summed E-state index contributed by atoms with van der Waals surface area (Å²) < 4.78 is 34.6. The van der Waals surface area contributed by atoms with Crippen molar-refractivity contribution in [3.8, 4) is 5.75 Å². The summed E-state index contributed by atoms with van der Waals surface area (Å²) in [5, 5.41) is 0.338. The van der Waals surface area contributed by atoms with E-state index >= 15 is 0 Å². The van der Waals surface area contributed by atoms with E-state index in [1.807, 2.05) is 13.8 Å². The van der Waals surface area contributed by atoms with Crippen LogP contribution in [0, 0.1) is 6.92 Å². The highest BCUT2D eigenvalue weighted by atomic mass is 35.5. The van der Waals surface area contributed by atoms with Gasteiger partial charge in [-0.15, -0.1) is 0 Å². The molecule has 5 nitrogen and oxygen atoms in total. The van der Waals surface area contributed by atoms with Gasteiger partial charge in [0.2, 0.25) is 0 Å². The molecule has 0 heterocycles. The van der Waals surface area contributed by atoms with Crippen LogP contribution in [0.1, 0.15) is 46.8 Å². The monoisotopic (exact) mass is 457 g/mol. The zero-order chi connectivity index (χ0) is 22.8. The summed E-state index contributed by atoms with van der Waals surface area (Å²) >= 11 is 6.11. The van der Waals surface area contributed by atoms with Gasteiger partial charge in [-0.2, -0.15) is 0 Å². The molecular formula is C24H24ClNO4S. The van der Waals surface area contributed by atoms with Gasteiger partial charge in [0.1, 0.15) is 5.75 Å². The van der Waals surface area contributed by atoms with Crippen LogP contribution in [-0.4, -0.2) is 21.3 Å². The highest BCUT2D eigenvalue weighted by molar-refractivity contribution is 7.92. The molecule has 0 saturated heterocycles. The Kier molecular flexibility index (Phi) is 6.72. The van der Waals surface area contributed by atoms with Crippen LogP contribution in [0.4, 0.5) is 5.69 Å². The van der Waals surface area contributed by atoms with E-state index in [1.54, 1.807) is 62.6 Å². The number of methoxy groups -OCH3 is 1. The average Bonchev–Trinajstić information content (AvgIpc) is 2.74. The first kappa shape index (κ1) is 22.8. The smallest absolute Gasteiger partial charge is 0.262 e. The Morgan fingerprint density at radius 1 is 1.03 bits per heavy atom. The minimum atomic E-state index is -3.98. The number of hydrogen-bond donors (Lipinski definition) is 1. The Balaban J connectivity index is 2.07. The number of anilines is 1. The zero-order valence-corrected chi connectivity index (χ0v) is 19.3. The van der Waals surface area contributed by atoms with Crippen molar-refractivity contribution < 1.29 is 17.9 Å². The van der Waals surface area contributed by atoms with Crippen LogP contribution >= 0.6 is 11.6 Å². The maximum absolute atomic E-state index is 13.3. The molecule has 0 aliphatic heterocycles. The Bertz CT molecular complexity index is 1220. The van der Waals surface area contributed by atoms with Gasteiger partial charge in [0.25, 0.3) is 10.0 Å². The maximum atomic E-state index is 13.3. The molecule has 3 aromatic rings. The SMILES string of the molecule is COc1cc(C)c(S(=O)(=O)Nc2ccc(Cl)cc2C(=O)c2ccccc2)cc1C(C)C. The van der Waals surface area contributed by atoms with Crippen LogP contribution in [0.3, 0.4) is 0 Å². The molecule has 0 amide bonds.